The molecule has 0 saturated heterocycles. The van der Waals surface area contributed by atoms with Gasteiger partial charge in [-0.15, -0.1) is 0 Å². The van der Waals surface area contributed by atoms with Gasteiger partial charge in [0.25, 0.3) is 0 Å². The predicted octanol–water partition coefficient (Wildman–Crippen LogP) is 4.12. The van der Waals surface area contributed by atoms with Gasteiger partial charge in [-0.25, -0.2) is 4.79 Å². The van der Waals surface area contributed by atoms with E-state index in [2.05, 4.69) is 4.98 Å². The van der Waals surface area contributed by atoms with Crippen molar-refractivity contribution in [2.45, 2.75) is 13.5 Å². The van der Waals surface area contributed by atoms with Crippen LogP contribution in [0.2, 0.25) is 0 Å². The molecule has 0 fully saturated rings. The van der Waals surface area contributed by atoms with E-state index >= 15 is 0 Å². The average Bonchev–Trinajstić information content (AvgIpc) is 3.38. The topological polar surface area (TPSA) is 88.2 Å². The smallest absolute Gasteiger partial charge is 0.330 e. The number of carbonyl (C=O) groups is 1. The third kappa shape index (κ3) is 4.09. The minimum Gasteiger partial charge on any atom is -0.460 e. The number of carbonyl (C=O) groups excluding carboxylic acids is 1. The molecule has 0 aliphatic carbocycles. The number of aliphatic hydroxyl groups is 1. The maximum absolute atomic E-state index is 12.6. The molecule has 0 bridgehead atoms. The van der Waals surface area contributed by atoms with E-state index in [1.54, 1.807) is 54.7 Å². The molecule has 6 heteroatoms. The van der Waals surface area contributed by atoms with Gasteiger partial charge in [-0.1, -0.05) is 42.5 Å². The Bertz CT molecular complexity index is 1270. The molecule has 0 aliphatic heterocycles. The van der Waals surface area contributed by atoms with Crippen LogP contribution in [0.4, 0.5) is 0 Å². The van der Waals surface area contributed by atoms with Crippen LogP contribution < -0.4 is 5.69 Å². The van der Waals surface area contributed by atoms with Gasteiger partial charge in [0.05, 0.1) is 12.3 Å². The van der Waals surface area contributed by atoms with E-state index in [0.717, 1.165) is 16.9 Å². The lowest BCUT2D eigenvalue weighted by Gasteiger charge is -2.03. The molecule has 0 amide bonds. The van der Waals surface area contributed by atoms with Crippen LogP contribution in [0.15, 0.2) is 82.1 Å². The number of aromatic amines is 1. The fourth-order valence-electron chi connectivity index (χ4n) is 3.10. The van der Waals surface area contributed by atoms with Gasteiger partial charge in [0, 0.05) is 11.8 Å². The standard InChI is InChI=1S/C24H20N2O4/c1-16-5-12-23(30-16)21-14-26(24(29)25-21)20-4-2-3-19(13-20)22(28)11-10-17-6-8-18(15-27)9-7-17/h2-14,27H,15H2,1H3,(H,25,29)/b11-10+. The van der Waals surface area contributed by atoms with E-state index in [9.17, 15) is 9.59 Å². The summed E-state index contributed by atoms with van der Waals surface area (Å²) in [6, 6.07) is 17.8. The molecule has 0 atom stereocenters. The monoisotopic (exact) mass is 400 g/mol. The van der Waals surface area contributed by atoms with E-state index in [4.69, 9.17) is 9.52 Å². The van der Waals surface area contributed by atoms with E-state index in [-0.39, 0.29) is 18.1 Å². The molecular formula is C24H20N2O4. The molecule has 2 aromatic heterocycles. The Kier molecular flexibility index (Phi) is 5.32. The number of hydrogen-bond acceptors (Lipinski definition) is 4. The van der Waals surface area contributed by atoms with E-state index in [1.165, 1.54) is 10.6 Å². The Labute approximate surface area is 172 Å². The number of benzene rings is 2. The van der Waals surface area contributed by atoms with Crippen LogP contribution in [0.3, 0.4) is 0 Å². The van der Waals surface area contributed by atoms with E-state index in [0.29, 0.717) is 22.7 Å². The highest BCUT2D eigenvalue weighted by molar-refractivity contribution is 6.07. The molecule has 4 aromatic rings. The molecule has 0 aliphatic rings. The van der Waals surface area contributed by atoms with Gasteiger partial charge in [0.15, 0.2) is 11.5 Å². The lowest BCUT2D eigenvalue weighted by Crippen LogP contribution is -2.14. The second-order valence-electron chi connectivity index (χ2n) is 6.90. The van der Waals surface area contributed by atoms with Crippen molar-refractivity contribution < 1.29 is 14.3 Å². The minimum absolute atomic E-state index is 0.0184. The normalized spacial score (nSPS) is 11.3. The van der Waals surface area contributed by atoms with Gasteiger partial charge < -0.3 is 14.5 Å². The fraction of sp³-hybridized carbons (Fsp3) is 0.0833. The maximum Gasteiger partial charge on any atom is 0.330 e. The zero-order chi connectivity index (χ0) is 21.1. The van der Waals surface area contributed by atoms with Crippen LogP contribution in [0.1, 0.15) is 27.2 Å². The molecule has 0 saturated carbocycles. The molecule has 0 radical (unpaired) electrons. The summed E-state index contributed by atoms with van der Waals surface area (Å²) >= 11 is 0. The summed E-state index contributed by atoms with van der Waals surface area (Å²) in [5.74, 6) is 1.16. The van der Waals surface area contributed by atoms with Crippen molar-refractivity contribution >= 4 is 11.9 Å². The first-order valence-corrected chi connectivity index (χ1v) is 9.44. The number of hydrogen-bond donors (Lipinski definition) is 2. The number of imidazole rings is 1. The van der Waals surface area contributed by atoms with E-state index < -0.39 is 0 Å². The van der Waals surface area contributed by atoms with Crippen LogP contribution in [-0.4, -0.2) is 20.4 Å². The Morgan fingerprint density at radius 3 is 2.63 bits per heavy atom. The number of rotatable bonds is 6. The van der Waals surface area contributed by atoms with E-state index in [1.807, 2.05) is 25.1 Å². The third-order valence-electron chi connectivity index (χ3n) is 4.72. The molecule has 150 valence electrons. The van der Waals surface area contributed by atoms with Crippen LogP contribution in [0.5, 0.6) is 0 Å². The molecule has 0 unspecified atom stereocenters. The summed E-state index contributed by atoms with van der Waals surface area (Å²) in [6.45, 7) is 1.82. The van der Waals surface area contributed by atoms with Crippen molar-refractivity contribution in [1.82, 2.24) is 9.55 Å². The second kappa shape index (κ2) is 8.23. The first-order valence-electron chi connectivity index (χ1n) is 9.44. The largest absolute Gasteiger partial charge is 0.460 e. The van der Waals surface area contributed by atoms with Crippen molar-refractivity contribution in [3.8, 4) is 17.1 Å². The van der Waals surface area contributed by atoms with Crippen molar-refractivity contribution in [2.75, 3.05) is 0 Å². The molecule has 4 rings (SSSR count). The number of aliphatic hydroxyl groups excluding tert-OH is 1. The third-order valence-corrected chi connectivity index (χ3v) is 4.72. The van der Waals surface area contributed by atoms with Gasteiger partial charge in [0.1, 0.15) is 11.5 Å². The highest BCUT2D eigenvalue weighted by Gasteiger charge is 2.11. The molecule has 30 heavy (non-hydrogen) atoms. The Morgan fingerprint density at radius 2 is 1.93 bits per heavy atom. The van der Waals surface area contributed by atoms with Crippen molar-refractivity contribution in [1.29, 1.82) is 0 Å². The number of furan rings is 1. The quantitative estimate of drug-likeness (QED) is 0.376. The van der Waals surface area contributed by atoms with Gasteiger partial charge in [-0.2, -0.15) is 0 Å². The predicted molar refractivity (Wildman–Crippen MR) is 115 cm³/mol. The number of nitrogens with zero attached hydrogens (tertiary/aromatic N) is 1. The lowest BCUT2D eigenvalue weighted by atomic mass is 10.1. The highest BCUT2D eigenvalue weighted by atomic mass is 16.3. The molecule has 2 heterocycles. The number of nitrogens with one attached hydrogen (secondary N) is 1. The summed E-state index contributed by atoms with van der Waals surface area (Å²) in [5.41, 5.74) is 2.97. The number of ketones is 1. The van der Waals surface area contributed by atoms with Crippen molar-refractivity contribution in [3.63, 3.8) is 0 Å². The SMILES string of the molecule is Cc1ccc(-c2cn(-c3cccc(C(=O)/C=C/c4ccc(CO)cc4)c3)c(=O)[nH]2)o1. The van der Waals surface area contributed by atoms with Crippen molar-refractivity contribution in [2.24, 2.45) is 0 Å². The summed E-state index contributed by atoms with van der Waals surface area (Å²) in [5, 5.41) is 9.10. The molecule has 2 N–H and O–H groups in total. The molecular weight excluding hydrogens is 380 g/mol. The first kappa shape index (κ1) is 19.4. The zero-order valence-corrected chi connectivity index (χ0v) is 16.3. The zero-order valence-electron chi connectivity index (χ0n) is 16.3. The van der Waals surface area contributed by atoms with Gasteiger partial charge in [-0.05, 0) is 48.4 Å². The van der Waals surface area contributed by atoms with Crippen LogP contribution >= 0.6 is 0 Å². The highest BCUT2D eigenvalue weighted by Crippen LogP contribution is 2.20. The van der Waals surface area contributed by atoms with Gasteiger partial charge in [0.2, 0.25) is 0 Å². The van der Waals surface area contributed by atoms with Crippen LogP contribution in [-0.2, 0) is 6.61 Å². The van der Waals surface area contributed by atoms with Crippen LogP contribution in [0.25, 0.3) is 23.2 Å². The second-order valence-corrected chi connectivity index (χ2v) is 6.90. The summed E-state index contributed by atoms with van der Waals surface area (Å²) < 4.78 is 7.01. The Hall–Kier alpha value is -3.90. The average molecular weight is 400 g/mol. The van der Waals surface area contributed by atoms with Crippen molar-refractivity contribution in [3.05, 3.63) is 106 Å². The summed E-state index contributed by atoms with van der Waals surface area (Å²) in [7, 11) is 0. The summed E-state index contributed by atoms with van der Waals surface area (Å²) in [4.78, 5) is 27.8. The summed E-state index contributed by atoms with van der Waals surface area (Å²) in [6.07, 6.45) is 4.86. The number of allylic oxidation sites excluding steroid dienone is 1. The Balaban J connectivity index is 1.58. The van der Waals surface area contributed by atoms with Gasteiger partial charge in [-0.3, -0.25) is 9.36 Å². The Morgan fingerprint density at radius 1 is 1.13 bits per heavy atom. The van der Waals surface area contributed by atoms with Gasteiger partial charge >= 0.3 is 5.69 Å². The molecule has 6 nitrogen and oxygen atoms in total. The number of aryl methyl sites for hydroxylation is 1. The first-order chi connectivity index (χ1) is 14.5. The minimum atomic E-state index is -0.317. The lowest BCUT2D eigenvalue weighted by molar-refractivity contribution is 0.104. The molecule has 0 spiro atoms. The number of H-pyrrole nitrogens is 1. The fourth-order valence-corrected chi connectivity index (χ4v) is 3.10. The number of aromatic nitrogens is 2. The van der Waals surface area contributed by atoms with Crippen LogP contribution in [0, 0.1) is 6.92 Å². The molecule has 2 aromatic carbocycles. The maximum atomic E-state index is 12.6.